The Bertz CT molecular complexity index is 1610. The number of hydrogen-bond donors (Lipinski definition) is 1. The van der Waals surface area contributed by atoms with Gasteiger partial charge in [0.1, 0.15) is 11.8 Å². The zero-order chi connectivity index (χ0) is 26.6. The van der Waals surface area contributed by atoms with E-state index in [1.165, 1.54) is 32.6 Å². The monoisotopic (exact) mass is 581 g/mol. The van der Waals surface area contributed by atoms with E-state index in [0.29, 0.717) is 26.3 Å². The van der Waals surface area contributed by atoms with Crippen molar-refractivity contribution in [3.05, 3.63) is 96.1 Å². The molecule has 4 aromatic rings. The smallest absolute Gasteiger partial charge is 0.308 e. The Hall–Kier alpha value is -3.18. The lowest BCUT2D eigenvalue weighted by Crippen LogP contribution is -2.32. The Morgan fingerprint density at radius 2 is 1.74 bits per heavy atom. The maximum atomic E-state index is 13.8. The van der Waals surface area contributed by atoms with E-state index in [1.54, 1.807) is 36.4 Å². The summed E-state index contributed by atoms with van der Waals surface area (Å²) < 4.78 is 1.42. The van der Waals surface area contributed by atoms with Gasteiger partial charge in [0.25, 0.3) is 0 Å². The number of aromatic nitrogens is 1. The van der Waals surface area contributed by atoms with Crippen molar-refractivity contribution in [2.75, 3.05) is 10.2 Å². The molecule has 1 fully saturated rings. The number of nitrogens with zero attached hydrogens (tertiary/aromatic N) is 2. The number of halogens is 1. The minimum atomic E-state index is -0.724. The van der Waals surface area contributed by atoms with Gasteiger partial charge in [-0.1, -0.05) is 58.5 Å². The van der Waals surface area contributed by atoms with Crippen LogP contribution in [0.1, 0.15) is 21.2 Å². The molecular formula is C27H20ClN3O4S3. The van der Waals surface area contributed by atoms with E-state index in [2.05, 4.69) is 5.32 Å². The second-order valence-electron chi connectivity index (χ2n) is 9.08. The molecule has 3 atom stereocenters. The van der Waals surface area contributed by atoms with Crippen LogP contribution < -0.4 is 15.1 Å². The Labute approximate surface area is 235 Å². The summed E-state index contributed by atoms with van der Waals surface area (Å²) in [6.45, 7) is 1.77. The molecule has 1 saturated heterocycles. The maximum absolute atomic E-state index is 13.8. The van der Waals surface area contributed by atoms with Crippen LogP contribution in [-0.2, 0) is 20.9 Å². The second-order valence-corrected chi connectivity index (χ2v) is 12.6. The van der Waals surface area contributed by atoms with Crippen LogP contribution in [0, 0.1) is 12.8 Å². The lowest BCUT2D eigenvalue weighted by Gasteiger charge is -2.29. The number of benzene rings is 2. The van der Waals surface area contributed by atoms with Crippen LogP contribution in [0.15, 0.2) is 75.9 Å². The van der Waals surface area contributed by atoms with E-state index >= 15 is 0 Å². The molecule has 11 heteroatoms. The summed E-state index contributed by atoms with van der Waals surface area (Å²) in [5.74, 6) is -2.10. The summed E-state index contributed by atoms with van der Waals surface area (Å²) in [5, 5.41) is 5.10. The van der Waals surface area contributed by atoms with Gasteiger partial charge in [0, 0.05) is 26.4 Å². The zero-order valence-electron chi connectivity index (χ0n) is 19.9. The number of thiophene rings is 1. The number of nitrogens with one attached hydrogen (secondary N) is 1. The third-order valence-electron chi connectivity index (χ3n) is 6.62. The molecule has 0 spiro atoms. The molecule has 1 N–H and O–H groups in total. The van der Waals surface area contributed by atoms with Gasteiger partial charge in [-0.05, 0) is 54.8 Å². The summed E-state index contributed by atoms with van der Waals surface area (Å²) in [7, 11) is 0. The first-order chi connectivity index (χ1) is 18.3. The lowest BCUT2D eigenvalue weighted by atomic mass is 9.87. The first kappa shape index (κ1) is 25.1. The van der Waals surface area contributed by atoms with Crippen molar-refractivity contribution >= 4 is 75.1 Å². The van der Waals surface area contributed by atoms with Gasteiger partial charge in [0.2, 0.25) is 17.7 Å². The number of anilines is 2. The van der Waals surface area contributed by atoms with Gasteiger partial charge < -0.3 is 5.32 Å². The van der Waals surface area contributed by atoms with Crippen molar-refractivity contribution in [3.63, 3.8) is 0 Å². The van der Waals surface area contributed by atoms with Crippen molar-refractivity contribution in [3.8, 4) is 0 Å². The summed E-state index contributed by atoms with van der Waals surface area (Å²) in [4.78, 5) is 56.0. The number of aryl methyl sites for hydroxylation is 1. The molecule has 4 heterocycles. The highest BCUT2D eigenvalue weighted by Crippen LogP contribution is 2.54. The molecule has 3 amide bonds. The molecule has 0 unspecified atom stereocenters. The fourth-order valence-electron chi connectivity index (χ4n) is 4.86. The summed E-state index contributed by atoms with van der Waals surface area (Å²) in [5.41, 5.74) is 2.17. The van der Waals surface area contributed by atoms with Gasteiger partial charge >= 0.3 is 4.87 Å². The molecule has 38 heavy (non-hydrogen) atoms. The van der Waals surface area contributed by atoms with Crippen molar-refractivity contribution in [2.24, 2.45) is 5.92 Å². The van der Waals surface area contributed by atoms with E-state index in [4.69, 9.17) is 11.6 Å². The molecule has 2 aromatic heterocycles. The van der Waals surface area contributed by atoms with Crippen LogP contribution in [-0.4, -0.2) is 27.5 Å². The summed E-state index contributed by atoms with van der Waals surface area (Å²) in [6.07, 6.45) is 0. The molecule has 7 nitrogen and oxygen atoms in total. The molecule has 0 saturated carbocycles. The van der Waals surface area contributed by atoms with Crippen molar-refractivity contribution < 1.29 is 14.4 Å². The van der Waals surface area contributed by atoms with Gasteiger partial charge in [-0.3, -0.25) is 23.7 Å². The van der Waals surface area contributed by atoms with Crippen LogP contribution in [0.4, 0.5) is 11.4 Å². The van der Waals surface area contributed by atoms with E-state index in [9.17, 15) is 19.2 Å². The Morgan fingerprint density at radius 1 is 1.00 bits per heavy atom. The maximum Gasteiger partial charge on any atom is 0.308 e. The topological polar surface area (TPSA) is 88.5 Å². The second kappa shape index (κ2) is 9.85. The fourth-order valence-corrected chi connectivity index (χ4v) is 8.70. The molecular weight excluding hydrogens is 562 g/mol. The van der Waals surface area contributed by atoms with Gasteiger partial charge in [0.15, 0.2) is 0 Å². The zero-order valence-corrected chi connectivity index (χ0v) is 23.1. The summed E-state index contributed by atoms with van der Waals surface area (Å²) in [6, 6.07) is 17.8. The molecule has 6 rings (SSSR count). The number of hydrogen-bond acceptors (Lipinski definition) is 7. The number of amides is 3. The molecule has 2 aliphatic rings. The highest BCUT2D eigenvalue weighted by molar-refractivity contribution is 8.00. The van der Waals surface area contributed by atoms with Crippen LogP contribution in [0.2, 0.25) is 5.02 Å². The molecule has 0 aliphatic carbocycles. The van der Waals surface area contributed by atoms with E-state index in [0.717, 1.165) is 21.8 Å². The molecule has 0 bridgehead atoms. The number of rotatable bonds is 5. The average molecular weight is 582 g/mol. The fraction of sp³-hybridized carbons (Fsp3) is 0.185. The van der Waals surface area contributed by atoms with E-state index in [-0.39, 0.29) is 29.1 Å². The third kappa shape index (κ3) is 4.31. The van der Waals surface area contributed by atoms with Gasteiger partial charge in [0.05, 0.1) is 16.6 Å². The number of imide groups is 1. The molecule has 2 aliphatic heterocycles. The predicted octanol–water partition coefficient (Wildman–Crippen LogP) is 5.37. The van der Waals surface area contributed by atoms with Crippen molar-refractivity contribution in [1.82, 2.24) is 4.57 Å². The Morgan fingerprint density at radius 3 is 2.42 bits per heavy atom. The normalized spacial score (nSPS) is 20.4. The third-order valence-corrected chi connectivity index (χ3v) is 10.4. The van der Waals surface area contributed by atoms with Crippen LogP contribution >= 0.6 is 46.0 Å². The highest BCUT2D eigenvalue weighted by atomic mass is 35.5. The Kier molecular flexibility index (Phi) is 6.51. The largest absolute Gasteiger partial charge is 0.325 e. The quantitative estimate of drug-likeness (QED) is 0.320. The minimum absolute atomic E-state index is 0.191. The van der Waals surface area contributed by atoms with Gasteiger partial charge in [-0.25, -0.2) is 4.90 Å². The molecule has 0 radical (unpaired) electrons. The number of carbonyl (C=O) groups excluding carboxylic acids is 3. The van der Waals surface area contributed by atoms with Crippen LogP contribution in [0.5, 0.6) is 0 Å². The van der Waals surface area contributed by atoms with E-state index in [1.807, 2.05) is 36.6 Å². The summed E-state index contributed by atoms with van der Waals surface area (Å²) >= 11 is 9.75. The number of thioether (sulfide) groups is 1. The lowest BCUT2D eigenvalue weighted by molar-refractivity contribution is -0.122. The minimum Gasteiger partial charge on any atom is -0.325 e. The highest BCUT2D eigenvalue weighted by Gasteiger charge is 2.57. The molecule has 2 aromatic carbocycles. The number of fused-ring (bicyclic) bond motifs is 2. The predicted molar refractivity (Wildman–Crippen MR) is 152 cm³/mol. The SMILES string of the molecule is Cc1ccc(NC(=O)Cn2c3c(sc2=O)[C@@H](c2cccs2)[C@H]2C(=O)N(c4ccc(Cl)cc4)C(=O)[C@H]2S3)cc1. The Balaban J connectivity index is 1.38. The average Bonchev–Trinajstić information content (AvgIpc) is 3.59. The number of thiazole rings is 1. The van der Waals surface area contributed by atoms with Gasteiger partial charge in [-0.15, -0.1) is 11.3 Å². The first-order valence-corrected chi connectivity index (χ1v) is 14.7. The van der Waals surface area contributed by atoms with Gasteiger partial charge in [-0.2, -0.15) is 0 Å². The van der Waals surface area contributed by atoms with Crippen molar-refractivity contribution in [2.45, 2.75) is 29.7 Å². The molecule has 192 valence electrons. The van der Waals surface area contributed by atoms with E-state index < -0.39 is 17.1 Å². The first-order valence-electron chi connectivity index (χ1n) is 11.8. The van der Waals surface area contributed by atoms with Crippen LogP contribution in [0.3, 0.4) is 0 Å². The standard InChI is InChI=1S/C27H20ClN3O4S3/c1-14-4-8-16(9-5-14)29-19(32)13-30-26-23(38-27(30)35)20(18-3-2-12-36-18)21-22(37-26)25(34)31(24(21)33)17-10-6-15(28)7-11-17/h2-12,20-22H,13H2,1H3,(H,29,32)/t20-,21+,22-/m0/s1. The number of carbonyl (C=O) groups is 3. The van der Waals surface area contributed by atoms with Crippen molar-refractivity contribution in [1.29, 1.82) is 0 Å². The van der Waals surface area contributed by atoms with Crippen LogP contribution in [0.25, 0.3) is 0 Å².